The molecule has 0 radical (unpaired) electrons. The Hall–Kier alpha value is -2.36. The number of rotatable bonds is 3. The maximum absolute atomic E-state index is 5.36. The number of nitrogens with zero attached hydrogens (tertiary/aromatic N) is 2. The molecule has 4 nitrogen and oxygen atoms in total. The molecular weight excluding hydrogens is 322 g/mol. The Bertz CT molecular complexity index is 790. The second-order valence-corrected chi connectivity index (χ2v) is 7.24. The minimum Gasteiger partial charge on any atom is -0.424 e. The van der Waals surface area contributed by atoms with Crippen LogP contribution < -0.4 is 5.73 Å². The Balaban J connectivity index is 0.000000158. The summed E-state index contributed by atoms with van der Waals surface area (Å²) in [5.41, 5.74) is 9.35. The first-order valence-electron chi connectivity index (χ1n) is 9.73. The molecule has 0 aliphatic heterocycles. The van der Waals surface area contributed by atoms with Crippen LogP contribution in [0.25, 0.3) is 11.1 Å². The van der Waals surface area contributed by atoms with E-state index in [1.54, 1.807) is 0 Å². The first-order valence-corrected chi connectivity index (χ1v) is 9.73. The average molecular weight is 351 g/mol. The third-order valence-corrected chi connectivity index (χ3v) is 5.07. The van der Waals surface area contributed by atoms with Gasteiger partial charge in [-0.15, -0.1) is 0 Å². The summed E-state index contributed by atoms with van der Waals surface area (Å²) < 4.78 is 5.09. The van der Waals surface area contributed by atoms with Crippen molar-refractivity contribution >= 4 is 17.1 Å². The van der Waals surface area contributed by atoms with E-state index in [1.807, 2.05) is 37.4 Å². The molecule has 0 atom stereocenters. The van der Waals surface area contributed by atoms with Crippen molar-refractivity contribution in [2.75, 3.05) is 5.73 Å². The van der Waals surface area contributed by atoms with Crippen LogP contribution in [-0.4, -0.2) is 9.97 Å². The number of anilines is 1. The molecule has 0 saturated heterocycles. The summed E-state index contributed by atoms with van der Waals surface area (Å²) in [6.07, 6.45) is 13.1. The van der Waals surface area contributed by atoms with Crippen LogP contribution in [0.1, 0.15) is 56.2 Å². The molecule has 1 aliphatic rings. The Morgan fingerprint density at radius 3 is 2.62 bits per heavy atom. The van der Waals surface area contributed by atoms with Crippen LogP contribution in [0, 0.1) is 12.8 Å². The van der Waals surface area contributed by atoms with Gasteiger partial charge < -0.3 is 10.2 Å². The van der Waals surface area contributed by atoms with Crippen LogP contribution in [0.5, 0.6) is 0 Å². The van der Waals surface area contributed by atoms with Gasteiger partial charge in [0.05, 0.1) is 0 Å². The van der Waals surface area contributed by atoms with Crippen molar-refractivity contribution in [1.29, 1.82) is 0 Å². The van der Waals surface area contributed by atoms with Crippen molar-refractivity contribution in [3.63, 3.8) is 0 Å². The molecule has 3 aromatic rings. The molecule has 0 unspecified atom stereocenters. The Labute approximate surface area is 155 Å². The molecule has 4 heteroatoms. The molecule has 2 heterocycles. The number of fused-ring (bicyclic) bond motifs is 1. The number of hydrogen-bond donors (Lipinski definition) is 1. The molecule has 0 spiro atoms. The van der Waals surface area contributed by atoms with Crippen LogP contribution in [0.3, 0.4) is 0 Å². The van der Waals surface area contributed by atoms with Crippen molar-refractivity contribution in [1.82, 2.24) is 9.97 Å². The predicted molar refractivity (Wildman–Crippen MR) is 107 cm³/mol. The summed E-state index contributed by atoms with van der Waals surface area (Å²) >= 11 is 0. The normalized spacial score (nSPS) is 15.3. The van der Waals surface area contributed by atoms with Gasteiger partial charge in [-0.3, -0.25) is 4.98 Å². The van der Waals surface area contributed by atoms with Gasteiger partial charge in [-0.05, 0) is 55.5 Å². The molecule has 1 fully saturated rings. The largest absolute Gasteiger partial charge is 0.424 e. The second-order valence-electron chi connectivity index (χ2n) is 7.24. The lowest BCUT2D eigenvalue weighted by molar-refractivity contribution is 0.426. The number of benzene rings is 1. The summed E-state index contributed by atoms with van der Waals surface area (Å²) in [5, 5.41) is 0. The minimum absolute atomic E-state index is 0.227. The number of hydrogen-bond acceptors (Lipinski definition) is 4. The average Bonchev–Trinajstić information content (AvgIpc) is 2.84. The van der Waals surface area contributed by atoms with E-state index in [2.05, 4.69) is 22.1 Å². The van der Waals surface area contributed by atoms with E-state index < -0.39 is 0 Å². The highest BCUT2D eigenvalue weighted by atomic mass is 16.4. The lowest BCUT2D eigenvalue weighted by atomic mass is 9.94. The molecular formula is C22H29N3O. The van der Waals surface area contributed by atoms with Gasteiger partial charge in [-0.1, -0.05) is 50.7 Å². The zero-order valence-corrected chi connectivity index (χ0v) is 15.7. The van der Waals surface area contributed by atoms with E-state index in [0.717, 1.165) is 22.6 Å². The third-order valence-electron chi connectivity index (χ3n) is 5.07. The van der Waals surface area contributed by atoms with Crippen LogP contribution in [-0.2, 0) is 6.42 Å². The van der Waals surface area contributed by atoms with E-state index in [4.69, 9.17) is 10.2 Å². The van der Waals surface area contributed by atoms with Crippen molar-refractivity contribution < 1.29 is 4.42 Å². The summed E-state index contributed by atoms with van der Waals surface area (Å²) in [6.45, 7) is 2.00. The Kier molecular flexibility index (Phi) is 6.64. The quantitative estimate of drug-likeness (QED) is 0.614. The summed E-state index contributed by atoms with van der Waals surface area (Å²) in [7, 11) is 0. The van der Waals surface area contributed by atoms with E-state index in [0.29, 0.717) is 0 Å². The standard InChI is InChI=1S/C14H21N.C8H8N2O/c1-2-4-8-13(7-3-1)10-11-14-9-5-6-12-15-14;1-5-2-3-7-6(4-5)10-8(9)11-7/h5-6,9,12-13H,1-4,7-8,10-11H2;2-4H,1H3,(H2,9,10). The first kappa shape index (κ1) is 18.4. The van der Waals surface area contributed by atoms with Gasteiger partial charge in [0.15, 0.2) is 5.58 Å². The minimum atomic E-state index is 0.227. The molecule has 1 aromatic carbocycles. The van der Waals surface area contributed by atoms with Crippen LogP contribution >= 0.6 is 0 Å². The van der Waals surface area contributed by atoms with E-state index in [9.17, 15) is 0 Å². The van der Waals surface area contributed by atoms with Crippen molar-refractivity contribution in [2.45, 2.75) is 58.3 Å². The fourth-order valence-corrected chi connectivity index (χ4v) is 3.61. The van der Waals surface area contributed by atoms with Crippen LogP contribution in [0.4, 0.5) is 6.01 Å². The van der Waals surface area contributed by atoms with Crippen molar-refractivity contribution in [3.8, 4) is 0 Å². The molecule has 0 bridgehead atoms. The van der Waals surface area contributed by atoms with Crippen LogP contribution in [0.15, 0.2) is 47.0 Å². The molecule has 4 rings (SSSR count). The Morgan fingerprint density at radius 2 is 1.88 bits per heavy atom. The summed E-state index contributed by atoms with van der Waals surface area (Å²) in [6, 6.07) is 12.2. The lowest BCUT2D eigenvalue weighted by Crippen LogP contribution is -2.01. The number of nitrogens with two attached hydrogens (primary N) is 1. The van der Waals surface area contributed by atoms with Gasteiger partial charge in [-0.2, -0.15) is 4.98 Å². The topological polar surface area (TPSA) is 64.9 Å². The van der Waals surface area contributed by atoms with E-state index in [1.165, 1.54) is 57.1 Å². The van der Waals surface area contributed by atoms with Gasteiger partial charge in [0, 0.05) is 11.9 Å². The first-order chi connectivity index (χ1) is 12.7. The smallest absolute Gasteiger partial charge is 0.292 e. The maximum Gasteiger partial charge on any atom is 0.292 e. The SMILES string of the molecule is Cc1ccc2oc(N)nc2c1.c1ccc(CCC2CCCCCC2)nc1. The molecule has 1 saturated carbocycles. The Morgan fingerprint density at radius 1 is 1.08 bits per heavy atom. The summed E-state index contributed by atoms with van der Waals surface area (Å²) in [5.74, 6) is 0.967. The van der Waals surface area contributed by atoms with Gasteiger partial charge in [-0.25, -0.2) is 0 Å². The second kappa shape index (κ2) is 9.37. The lowest BCUT2D eigenvalue weighted by Gasteiger charge is -2.12. The van der Waals surface area contributed by atoms with E-state index in [-0.39, 0.29) is 6.01 Å². The number of pyridine rings is 1. The van der Waals surface area contributed by atoms with Gasteiger partial charge in [0.1, 0.15) is 5.52 Å². The fourth-order valence-electron chi connectivity index (χ4n) is 3.61. The number of aromatic nitrogens is 2. The fraction of sp³-hybridized carbons (Fsp3) is 0.455. The third kappa shape index (κ3) is 5.58. The highest BCUT2D eigenvalue weighted by Crippen LogP contribution is 2.26. The van der Waals surface area contributed by atoms with Crippen molar-refractivity contribution in [3.05, 3.63) is 53.9 Å². The highest BCUT2D eigenvalue weighted by Gasteiger charge is 2.12. The maximum atomic E-state index is 5.36. The monoisotopic (exact) mass is 351 g/mol. The highest BCUT2D eigenvalue weighted by molar-refractivity contribution is 5.74. The van der Waals surface area contributed by atoms with E-state index >= 15 is 0 Å². The molecule has 138 valence electrons. The van der Waals surface area contributed by atoms with Gasteiger partial charge in [0.25, 0.3) is 6.01 Å². The zero-order chi connectivity index (χ0) is 18.2. The molecule has 0 amide bonds. The molecule has 26 heavy (non-hydrogen) atoms. The van der Waals surface area contributed by atoms with Crippen molar-refractivity contribution in [2.24, 2.45) is 5.92 Å². The number of oxazole rings is 1. The van der Waals surface area contributed by atoms with Gasteiger partial charge in [0.2, 0.25) is 0 Å². The number of aryl methyl sites for hydroxylation is 2. The summed E-state index contributed by atoms with van der Waals surface area (Å²) in [4.78, 5) is 8.37. The zero-order valence-electron chi connectivity index (χ0n) is 15.7. The number of nitrogen functional groups attached to an aromatic ring is 1. The molecule has 2 aromatic heterocycles. The molecule has 1 aliphatic carbocycles. The molecule has 2 N–H and O–H groups in total. The van der Waals surface area contributed by atoms with Gasteiger partial charge >= 0.3 is 0 Å². The predicted octanol–water partition coefficient (Wildman–Crippen LogP) is 5.70. The van der Waals surface area contributed by atoms with Crippen LogP contribution in [0.2, 0.25) is 0 Å².